The molecule has 0 fully saturated rings. The Morgan fingerprint density at radius 1 is 0.632 bits per heavy atom. The van der Waals surface area contributed by atoms with Crippen LogP contribution in [0.2, 0.25) is 0 Å². The number of carboxylic acids is 1. The Hall–Kier alpha value is -2.36. The van der Waals surface area contributed by atoms with Crippen LogP contribution < -0.4 is 0 Å². The summed E-state index contributed by atoms with van der Waals surface area (Å²) in [6, 6.07) is 0. The van der Waals surface area contributed by atoms with Crippen LogP contribution in [0.25, 0.3) is 0 Å². The van der Waals surface area contributed by atoms with Gasteiger partial charge in [-0.05, 0) is 76.7 Å². The summed E-state index contributed by atoms with van der Waals surface area (Å²) in [5.41, 5.74) is 0. The smallest absolute Gasteiger partial charge is 0.306 e. The second-order valence-corrected chi connectivity index (χ2v) is 9.90. The van der Waals surface area contributed by atoms with Gasteiger partial charge in [0.25, 0.3) is 0 Å². The molecule has 0 amide bonds. The van der Waals surface area contributed by atoms with Crippen molar-refractivity contribution in [3.05, 3.63) is 60.8 Å². The molecule has 0 aromatic carbocycles. The maximum Gasteiger partial charge on any atom is 0.306 e. The van der Waals surface area contributed by atoms with Crippen molar-refractivity contribution in [3.8, 4) is 0 Å². The molecule has 0 aliphatic rings. The van der Waals surface area contributed by atoms with Gasteiger partial charge in [0.2, 0.25) is 0 Å². The molecule has 1 unspecified atom stereocenters. The van der Waals surface area contributed by atoms with E-state index in [1.54, 1.807) is 0 Å². The van der Waals surface area contributed by atoms with E-state index in [9.17, 15) is 9.59 Å². The third-order valence-electron chi connectivity index (χ3n) is 6.19. The van der Waals surface area contributed by atoms with Crippen molar-refractivity contribution in [1.29, 1.82) is 0 Å². The standard InChI is InChI=1S/C34H56O4/c1-3-5-7-9-11-13-14-15-16-17-19-21-27-31-34(37)38-32(29-25-22-23-26-30-33(35)36)28-24-20-18-12-10-8-6-4-2/h6-9,12-14,18,24,28,32H,3-5,10-11,15-17,19-23,25-27,29-31H2,1-2H3,(H,35,36)/b8-6-,9-7-,14-13-,18-12-,28-24-. The first-order valence-corrected chi connectivity index (χ1v) is 15.3. The molecule has 0 radical (unpaired) electrons. The van der Waals surface area contributed by atoms with Crippen LogP contribution in [0.5, 0.6) is 0 Å². The van der Waals surface area contributed by atoms with Gasteiger partial charge in [-0.25, -0.2) is 0 Å². The summed E-state index contributed by atoms with van der Waals surface area (Å²) in [6.07, 6.45) is 39.5. The number of carbonyl (C=O) groups excluding carboxylic acids is 1. The van der Waals surface area contributed by atoms with Crippen LogP contribution in [-0.2, 0) is 14.3 Å². The molecule has 4 heteroatoms. The number of ether oxygens (including phenoxy) is 1. The molecule has 0 spiro atoms. The van der Waals surface area contributed by atoms with Crippen molar-refractivity contribution in [2.24, 2.45) is 0 Å². The van der Waals surface area contributed by atoms with Crippen molar-refractivity contribution in [1.82, 2.24) is 0 Å². The number of aliphatic carboxylic acids is 1. The van der Waals surface area contributed by atoms with Gasteiger partial charge >= 0.3 is 11.9 Å². The van der Waals surface area contributed by atoms with Gasteiger partial charge in [-0.15, -0.1) is 0 Å². The molecule has 4 nitrogen and oxygen atoms in total. The molecule has 0 rings (SSSR count). The summed E-state index contributed by atoms with van der Waals surface area (Å²) in [4.78, 5) is 23.1. The Morgan fingerprint density at radius 2 is 1.18 bits per heavy atom. The lowest BCUT2D eigenvalue weighted by Crippen LogP contribution is -2.16. The average molecular weight is 529 g/mol. The summed E-state index contributed by atoms with van der Waals surface area (Å²) in [6.45, 7) is 4.33. The molecule has 0 saturated heterocycles. The predicted octanol–water partition coefficient (Wildman–Crippen LogP) is 10.2. The van der Waals surface area contributed by atoms with Crippen LogP contribution in [0, 0.1) is 0 Å². The molecule has 0 aliphatic carbocycles. The van der Waals surface area contributed by atoms with Crippen molar-refractivity contribution < 1.29 is 19.4 Å². The molecule has 0 aliphatic heterocycles. The zero-order valence-corrected chi connectivity index (χ0v) is 24.5. The summed E-state index contributed by atoms with van der Waals surface area (Å²) < 4.78 is 5.79. The second-order valence-electron chi connectivity index (χ2n) is 9.90. The summed E-state index contributed by atoms with van der Waals surface area (Å²) in [7, 11) is 0. The Bertz CT molecular complexity index is 699. The largest absolute Gasteiger partial charge is 0.481 e. The molecular formula is C34H56O4. The lowest BCUT2D eigenvalue weighted by atomic mass is 10.1. The summed E-state index contributed by atoms with van der Waals surface area (Å²) in [5, 5.41) is 8.77. The molecule has 0 heterocycles. The van der Waals surface area contributed by atoms with Gasteiger partial charge < -0.3 is 9.84 Å². The first kappa shape index (κ1) is 35.6. The summed E-state index contributed by atoms with van der Waals surface area (Å²) >= 11 is 0. The van der Waals surface area contributed by atoms with E-state index in [-0.39, 0.29) is 18.5 Å². The Balaban J connectivity index is 4.19. The van der Waals surface area contributed by atoms with E-state index in [2.05, 4.69) is 68.5 Å². The zero-order chi connectivity index (χ0) is 27.9. The fourth-order valence-electron chi connectivity index (χ4n) is 3.98. The van der Waals surface area contributed by atoms with E-state index in [1.165, 1.54) is 25.7 Å². The number of hydrogen-bond acceptors (Lipinski definition) is 3. The highest BCUT2D eigenvalue weighted by molar-refractivity contribution is 5.69. The lowest BCUT2D eigenvalue weighted by molar-refractivity contribution is -0.147. The van der Waals surface area contributed by atoms with E-state index in [0.717, 1.165) is 77.0 Å². The van der Waals surface area contributed by atoms with Crippen LogP contribution in [-0.4, -0.2) is 23.1 Å². The molecule has 0 saturated carbocycles. The number of carbonyl (C=O) groups is 2. The third-order valence-corrected chi connectivity index (χ3v) is 6.19. The van der Waals surface area contributed by atoms with Gasteiger partial charge in [-0.2, -0.15) is 0 Å². The number of carboxylic acid groups (broad SMARTS) is 1. The van der Waals surface area contributed by atoms with Crippen LogP contribution in [0.1, 0.15) is 136 Å². The SMILES string of the molecule is CC/C=C\C/C=C\C/C=C\C(CCCCCCC(=O)O)OC(=O)CCCCCCC/C=C\C/C=C\CCC. The Morgan fingerprint density at radius 3 is 1.87 bits per heavy atom. The van der Waals surface area contributed by atoms with E-state index < -0.39 is 5.97 Å². The van der Waals surface area contributed by atoms with E-state index in [0.29, 0.717) is 12.8 Å². The van der Waals surface area contributed by atoms with Crippen molar-refractivity contribution in [2.75, 3.05) is 0 Å². The highest BCUT2D eigenvalue weighted by Gasteiger charge is 2.11. The topological polar surface area (TPSA) is 63.6 Å². The Kier molecular flexibility index (Phi) is 27.4. The highest BCUT2D eigenvalue weighted by atomic mass is 16.5. The quantitative estimate of drug-likeness (QED) is 0.0689. The molecule has 38 heavy (non-hydrogen) atoms. The molecular weight excluding hydrogens is 472 g/mol. The number of esters is 1. The van der Waals surface area contributed by atoms with Crippen LogP contribution in [0.3, 0.4) is 0 Å². The van der Waals surface area contributed by atoms with Gasteiger partial charge in [0.15, 0.2) is 0 Å². The fraction of sp³-hybridized carbons (Fsp3) is 0.647. The molecule has 0 aromatic heterocycles. The van der Waals surface area contributed by atoms with E-state index in [4.69, 9.17) is 9.84 Å². The highest BCUT2D eigenvalue weighted by Crippen LogP contribution is 2.14. The second kappa shape index (κ2) is 29.2. The van der Waals surface area contributed by atoms with Gasteiger partial charge in [0.1, 0.15) is 6.10 Å². The van der Waals surface area contributed by atoms with Crippen LogP contribution in [0.4, 0.5) is 0 Å². The normalized spacial score (nSPS) is 13.1. The number of allylic oxidation sites excluding steroid dienone is 9. The van der Waals surface area contributed by atoms with Crippen molar-refractivity contribution in [2.45, 2.75) is 142 Å². The summed E-state index contributed by atoms with van der Waals surface area (Å²) in [5.74, 6) is -0.842. The number of rotatable bonds is 26. The molecule has 1 atom stereocenters. The van der Waals surface area contributed by atoms with Gasteiger partial charge in [0.05, 0.1) is 0 Å². The maximum atomic E-state index is 12.4. The molecule has 0 aromatic rings. The van der Waals surface area contributed by atoms with Crippen molar-refractivity contribution >= 4 is 11.9 Å². The first-order chi connectivity index (χ1) is 18.6. The molecule has 0 bridgehead atoms. The minimum Gasteiger partial charge on any atom is -0.481 e. The fourth-order valence-corrected chi connectivity index (χ4v) is 3.98. The minimum atomic E-state index is -0.736. The number of hydrogen-bond donors (Lipinski definition) is 1. The van der Waals surface area contributed by atoms with Gasteiger partial charge in [-0.1, -0.05) is 107 Å². The number of unbranched alkanes of at least 4 members (excludes halogenated alkanes) is 9. The lowest BCUT2D eigenvalue weighted by Gasteiger charge is -2.14. The van der Waals surface area contributed by atoms with Crippen LogP contribution >= 0.6 is 0 Å². The van der Waals surface area contributed by atoms with Gasteiger partial charge in [0, 0.05) is 12.8 Å². The maximum absolute atomic E-state index is 12.4. The van der Waals surface area contributed by atoms with Crippen molar-refractivity contribution in [3.63, 3.8) is 0 Å². The predicted molar refractivity (Wildman–Crippen MR) is 162 cm³/mol. The monoisotopic (exact) mass is 528 g/mol. The average Bonchev–Trinajstić information content (AvgIpc) is 2.89. The molecule has 1 N–H and O–H groups in total. The third kappa shape index (κ3) is 28.2. The minimum absolute atomic E-state index is 0.107. The van der Waals surface area contributed by atoms with Gasteiger partial charge in [-0.3, -0.25) is 9.59 Å². The zero-order valence-electron chi connectivity index (χ0n) is 24.5. The van der Waals surface area contributed by atoms with E-state index in [1.807, 2.05) is 6.08 Å². The molecule has 216 valence electrons. The van der Waals surface area contributed by atoms with E-state index >= 15 is 0 Å². The van der Waals surface area contributed by atoms with Crippen LogP contribution in [0.15, 0.2) is 60.8 Å². The first-order valence-electron chi connectivity index (χ1n) is 15.3. The Labute approximate surface area is 234 Å².